The second kappa shape index (κ2) is 4.35. The minimum Gasteiger partial charge on any atom is -0.332 e. The standard InChI is InChI=1S/C13H11ClN4O2/c1-17-11-9(12(19)18(2)13(17)20)15-10(16-11)7-5-3-4-6-8(7)14/h3-6H,1-2H3,(H,15,16). The molecule has 7 heteroatoms. The van der Waals surface area contributed by atoms with Gasteiger partial charge in [0.1, 0.15) is 11.3 Å². The summed E-state index contributed by atoms with van der Waals surface area (Å²) in [6, 6.07) is 7.17. The second-order valence-electron chi connectivity index (χ2n) is 4.47. The zero-order chi connectivity index (χ0) is 14.4. The van der Waals surface area contributed by atoms with E-state index in [4.69, 9.17) is 11.6 Å². The van der Waals surface area contributed by atoms with Crippen LogP contribution in [0.15, 0.2) is 33.9 Å². The van der Waals surface area contributed by atoms with Crippen molar-refractivity contribution < 1.29 is 0 Å². The van der Waals surface area contributed by atoms with E-state index in [9.17, 15) is 9.59 Å². The third-order valence-electron chi connectivity index (χ3n) is 3.22. The third kappa shape index (κ3) is 1.69. The van der Waals surface area contributed by atoms with Gasteiger partial charge in [-0.15, -0.1) is 0 Å². The molecule has 0 atom stereocenters. The second-order valence-corrected chi connectivity index (χ2v) is 4.88. The molecular formula is C13H11ClN4O2. The highest BCUT2D eigenvalue weighted by molar-refractivity contribution is 6.33. The Kier molecular flexibility index (Phi) is 2.76. The summed E-state index contributed by atoms with van der Waals surface area (Å²) >= 11 is 6.12. The molecule has 0 saturated heterocycles. The molecule has 2 heterocycles. The van der Waals surface area contributed by atoms with Crippen molar-refractivity contribution in [3.63, 3.8) is 0 Å². The van der Waals surface area contributed by atoms with Gasteiger partial charge in [0.25, 0.3) is 5.56 Å². The highest BCUT2D eigenvalue weighted by atomic mass is 35.5. The minimum atomic E-state index is -0.417. The molecule has 102 valence electrons. The molecule has 0 unspecified atom stereocenters. The van der Waals surface area contributed by atoms with Crippen LogP contribution in [0.1, 0.15) is 0 Å². The Morgan fingerprint density at radius 2 is 1.85 bits per heavy atom. The van der Waals surface area contributed by atoms with Crippen LogP contribution in [-0.4, -0.2) is 19.1 Å². The fourth-order valence-electron chi connectivity index (χ4n) is 2.11. The van der Waals surface area contributed by atoms with Gasteiger partial charge >= 0.3 is 5.69 Å². The molecule has 0 spiro atoms. The van der Waals surface area contributed by atoms with Gasteiger partial charge in [0, 0.05) is 19.7 Å². The largest absolute Gasteiger partial charge is 0.332 e. The summed E-state index contributed by atoms with van der Waals surface area (Å²) in [6.07, 6.45) is 0. The van der Waals surface area contributed by atoms with E-state index < -0.39 is 11.2 Å². The molecule has 6 nitrogen and oxygen atoms in total. The van der Waals surface area contributed by atoms with Crippen molar-refractivity contribution in [2.45, 2.75) is 0 Å². The molecule has 1 aromatic carbocycles. The van der Waals surface area contributed by atoms with Crippen molar-refractivity contribution in [2.24, 2.45) is 14.1 Å². The van der Waals surface area contributed by atoms with E-state index in [2.05, 4.69) is 9.97 Å². The Morgan fingerprint density at radius 3 is 2.55 bits per heavy atom. The van der Waals surface area contributed by atoms with Crippen molar-refractivity contribution in [1.29, 1.82) is 0 Å². The van der Waals surface area contributed by atoms with Crippen LogP contribution < -0.4 is 11.2 Å². The number of aryl methyl sites for hydroxylation is 1. The maximum atomic E-state index is 12.1. The summed E-state index contributed by atoms with van der Waals surface area (Å²) in [6.45, 7) is 0. The van der Waals surface area contributed by atoms with E-state index >= 15 is 0 Å². The monoisotopic (exact) mass is 290 g/mol. The summed E-state index contributed by atoms with van der Waals surface area (Å²) in [4.78, 5) is 31.2. The van der Waals surface area contributed by atoms with E-state index in [1.54, 1.807) is 19.2 Å². The Hall–Kier alpha value is -2.34. The van der Waals surface area contributed by atoms with E-state index in [1.807, 2.05) is 12.1 Å². The van der Waals surface area contributed by atoms with Crippen LogP contribution in [0.2, 0.25) is 5.02 Å². The average molecular weight is 291 g/mol. The topological polar surface area (TPSA) is 72.7 Å². The molecule has 0 amide bonds. The summed E-state index contributed by atoms with van der Waals surface area (Å²) in [5.74, 6) is 0.462. The zero-order valence-corrected chi connectivity index (χ0v) is 11.6. The Bertz CT molecular complexity index is 936. The molecule has 0 aliphatic carbocycles. The molecule has 0 aliphatic rings. The molecule has 3 rings (SSSR count). The van der Waals surface area contributed by atoms with Gasteiger partial charge in [0.2, 0.25) is 0 Å². The molecule has 1 N–H and O–H groups in total. The van der Waals surface area contributed by atoms with Crippen molar-refractivity contribution in [3.8, 4) is 11.4 Å². The molecule has 0 radical (unpaired) electrons. The van der Waals surface area contributed by atoms with Crippen LogP contribution in [0.5, 0.6) is 0 Å². The number of benzene rings is 1. The number of halogens is 1. The van der Waals surface area contributed by atoms with E-state index in [0.717, 1.165) is 4.57 Å². The van der Waals surface area contributed by atoms with E-state index in [0.29, 0.717) is 22.1 Å². The maximum absolute atomic E-state index is 12.1. The number of rotatable bonds is 1. The van der Waals surface area contributed by atoms with E-state index in [1.165, 1.54) is 11.6 Å². The molecule has 2 aromatic heterocycles. The van der Waals surface area contributed by atoms with Crippen molar-refractivity contribution in [2.75, 3.05) is 0 Å². The first-order chi connectivity index (χ1) is 9.50. The lowest BCUT2D eigenvalue weighted by Gasteiger charge is -2.00. The first-order valence-corrected chi connectivity index (χ1v) is 6.29. The van der Waals surface area contributed by atoms with Gasteiger partial charge in [-0.2, -0.15) is 0 Å². The fraction of sp³-hybridized carbons (Fsp3) is 0.154. The lowest BCUT2D eigenvalue weighted by atomic mass is 10.2. The van der Waals surface area contributed by atoms with Gasteiger partial charge < -0.3 is 4.98 Å². The number of hydrogen-bond donors (Lipinski definition) is 1. The number of nitrogens with one attached hydrogen (secondary N) is 1. The Labute approximate surface area is 118 Å². The van der Waals surface area contributed by atoms with Gasteiger partial charge in [-0.1, -0.05) is 23.7 Å². The van der Waals surface area contributed by atoms with Crippen molar-refractivity contribution >= 4 is 22.8 Å². The highest BCUT2D eigenvalue weighted by Crippen LogP contribution is 2.25. The van der Waals surface area contributed by atoms with Crippen LogP contribution in [-0.2, 0) is 14.1 Å². The quantitative estimate of drug-likeness (QED) is 0.734. The van der Waals surface area contributed by atoms with Gasteiger partial charge in [0.15, 0.2) is 5.65 Å². The van der Waals surface area contributed by atoms with Crippen LogP contribution in [0, 0.1) is 0 Å². The Balaban J connectivity index is 2.41. The lowest BCUT2D eigenvalue weighted by Crippen LogP contribution is -2.36. The van der Waals surface area contributed by atoms with Crippen LogP contribution in [0.3, 0.4) is 0 Å². The van der Waals surface area contributed by atoms with Crippen LogP contribution in [0.25, 0.3) is 22.6 Å². The highest BCUT2D eigenvalue weighted by Gasteiger charge is 2.15. The number of fused-ring (bicyclic) bond motifs is 1. The molecule has 0 aliphatic heterocycles. The SMILES string of the molecule is Cn1c(=O)c2[nH]c(-c3ccccc3Cl)nc2n(C)c1=O. The minimum absolute atomic E-state index is 0.282. The molecule has 0 fully saturated rings. The number of hydrogen-bond acceptors (Lipinski definition) is 3. The Morgan fingerprint density at radius 1 is 1.15 bits per heavy atom. The first-order valence-electron chi connectivity index (χ1n) is 5.91. The predicted octanol–water partition coefficient (Wildman–Crippen LogP) is 1.28. The zero-order valence-electron chi connectivity index (χ0n) is 10.8. The van der Waals surface area contributed by atoms with E-state index in [-0.39, 0.29) is 5.52 Å². The predicted molar refractivity (Wildman–Crippen MR) is 77.0 cm³/mol. The number of aromatic nitrogens is 4. The summed E-state index contributed by atoms with van der Waals surface area (Å²) in [5, 5.41) is 0.522. The molecule has 3 aromatic rings. The normalized spacial score (nSPS) is 11.2. The number of imidazole rings is 1. The van der Waals surface area contributed by atoms with Crippen molar-refractivity contribution in [3.05, 3.63) is 50.1 Å². The van der Waals surface area contributed by atoms with Crippen LogP contribution >= 0.6 is 11.6 Å². The maximum Gasteiger partial charge on any atom is 0.332 e. The molecule has 20 heavy (non-hydrogen) atoms. The fourth-order valence-corrected chi connectivity index (χ4v) is 2.33. The number of aromatic amines is 1. The first kappa shape index (κ1) is 12.7. The van der Waals surface area contributed by atoms with Gasteiger partial charge in [-0.05, 0) is 12.1 Å². The number of nitrogens with zero attached hydrogens (tertiary/aromatic N) is 3. The summed E-state index contributed by atoms with van der Waals surface area (Å²) in [5.41, 5.74) is 0.450. The lowest BCUT2D eigenvalue weighted by molar-refractivity contribution is 0.709. The average Bonchev–Trinajstić information content (AvgIpc) is 2.88. The van der Waals surface area contributed by atoms with Gasteiger partial charge in [-0.3, -0.25) is 13.9 Å². The third-order valence-corrected chi connectivity index (χ3v) is 3.55. The van der Waals surface area contributed by atoms with Gasteiger partial charge in [0.05, 0.1) is 5.02 Å². The van der Waals surface area contributed by atoms with Crippen LogP contribution in [0.4, 0.5) is 0 Å². The smallest absolute Gasteiger partial charge is 0.332 e. The van der Waals surface area contributed by atoms with Gasteiger partial charge in [-0.25, -0.2) is 9.78 Å². The summed E-state index contributed by atoms with van der Waals surface area (Å²) in [7, 11) is 3.00. The molecule has 0 bridgehead atoms. The van der Waals surface area contributed by atoms with Crippen molar-refractivity contribution in [1.82, 2.24) is 19.1 Å². The molecular weight excluding hydrogens is 280 g/mol. The summed E-state index contributed by atoms with van der Waals surface area (Å²) < 4.78 is 2.37. The molecule has 0 saturated carbocycles. The number of H-pyrrole nitrogens is 1.